The Morgan fingerprint density at radius 3 is 2.31 bits per heavy atom. The number of likely N-dealkylation sites (tertiary alicyclic amines) is 1. The number of sulfonamides is 1. The van der Waals surface area contributed by atoms with Crippen molar-refractivity contribution in [3.05, 3.63) is 77.1 Å². The van der Waals surface area contributed by atoms with E-state index in [4.69, 9.17) is 14.2 Å². The molecule has 0 bridgehead atoms. The Balaban J connectivity index is 1.88. The van der Waals surface area contributed by atoms with E-state index in [-0.39, 0.29) is 34.3 Å². The van der Waals surface area contributed by atoms with E-state index in [1.165, 1.54) is 56.6 Å². The third-order valence-electron chi connectivity index (χ3n) is 9.26. The van der Waals surface area contributed by atoms with Crippen LogP contribution in [0.4, 0.5) is 10.1 Å². The number of fused-ring (bicyclic) bond motifs is 1. The number of rotatable bonds is 11. The van der Waals surface area contributed by atoms with Gasteiger partial charge in [0.2, 0.25) is 5.91 Å². The van der Waals surface area contributed by atoms with Crippen molar-refractivity contribution in [1.29, 1.82) is 0 Å². The SMILES string of the molecule is CCN(C)Cc1ccc(OC)c(C2(N3CCCC[C@H]3C(=O)N(C)C)C(=O)N(S(=O)(=O)c3ccc(OC)cc3OC)c3ccc(F)cc32)c1. The van der Waals surface area contributed by atoms with Crippen LogP contribution in [0.5, 0.6) is 17.2 Å². The lowest BCUT2D eigenvalue weighted by Crippen LogP contribution is -2.62. The normalized spacial score (nSPS) is 19.7. The number of ether oxygens (including phenoxy) is 3. The molecule has 1 fully saturated rings. The Labute approximate surface area is 281 Å². The summed E-state index contributed by atoms with van der Waals surface area (Å²) >= 11 is 0. The van der Waals surface area contributed by atoms with E-state index in [0.29, 0.717) is 42.9 Å². The van der Waals surface area contributed by atoms with E-state index < -0.39 is 33.3 Å². The van der Waals surface area contributed by atoms with Gasteiger partial charge in [-0.25, -0.2) is 17.1 Å². The Hall–Kier alpha value is -4.20. The number of likely N-dealkylation sites (N-methyl/N-ethyl adjacent to an activating group) is 1. The van der Waals surface area contributed by atoms with Gasteiger partial charge in [-0.1, -0.05) is 19.4 Å². The fourth-order valence-corrected chi connectivity index (χ4v) is 8.41. The summed E-state index contributed by atoms with van der Waals surface area (Å²) in [6, 6.07) is 12.4. The summed E-state index contributed by atoms with van der Waals surface area (Å²) in [7, 11) is 4.76. The van der Waals surface area contributed by atoms with E-state index in [0.717, 1.165) is 22.5 Å². The molecule has 258 valence electrons. The number of carbonyl (C=O) groups excluding carboxylic acids is 2. The van der Waals surface area contributed by atoms with Crippen LogP contribution in [0.25, 0.3) is 0 Å². The summed E-state index contributed by atoms with van der Waals surface area (Å²) in [5, 5.41) is 0. The highest BCUT2D eigenvalue weighted by Crippen LogP contribution is 2.55. The first kappa shape index (κ1) is 35.1. The van der Waals surface area contributed by atoms with Gasteiger partial charge in [-0.3, -0.25) is 14.5 Å². The number of amides is 2. The van der Waals surface area contributed by atoms with Gasteiger partial charge in [0, 0.05) is 44.4 Å². The predicted molar refractivity (Wildman–Crippen MR) is 179 cm³/mol. The molecule has 0 aromatic heterocycles. The van der Waals surface area contributed by atoms with Crippen LogP contribution in [0, 0.1) is 5.82 Å². The number of piperidine rings is 1. The molecule has 0 saturated carbocycles. The van der Waals surface area contributed by atoms with Crippen molar-refractivity contribution in [2.45, 2.75) is 49.2 Å². The first-order valence-electron chi connectivity index (χ1n) is 15.8. The fourth-order valence-electron chi connectivity index (χ4n) is 6.81. The molecule has 0 aliphatic carbocycles. The van der Waals surface area contributed by atoms with Crippen LogP contribution in [-0.2, 0) is 31.7 Å². The minimum absolute atomic E-state index is 0.0287. The second kappa shape index (κ2) is 13.7. The number of carbonyl (C=O) groups is 2. The molecule has 11 nitrogen and oxygen atoms in total. The number of hydrogen-bond donors (Lipinski definition) is 0. The standard InChI is InChI=1S/C35H43FN4O7S/c1-8-38(4)22-23-12-16-30(46-6)27(19-23)35(39-18-10-9-11-29(39)33(41)37(2)3)26-20-24(36)13-15-28(26)40(34(35)42)48(43,44)32-17-14-25(45-5)21-31(32)47-7/h12-17,19-21,29H,8-11,18,22H2,1-7H3/t29-,35?/m0/s1. The molecule has 2 heterocycles. The highest BCUT2D eigenvalue weighted by molar-refractivity contribution is 7.93. The maximum Gasteiger partial charge on any atom is 0.274 e. The van der Waals surface area contributed by atoms with Crippen LogP contribution < -0.4 is 18.5 Å². The monoisotopic (exact) mass is 682 g/mol. The molecular weight excluding hydrogens is 639 g/mol. The molecule has 5 rings (SSSR count). The van der Waals surface area contributed by atoms with E-state index in [1.54, 1.807) is 25.1 Å². The van der Waals surface area contributed by atoms with Crippen LogP contribution in [0.2, 0.25) is 0 Å². The van der Waals surface area contributed by atoms with E-state index >= 15 is 9.18 Å². The fraction of sp³-hybridized carbons (Fsp3) is 0.429. The predicted octanol–water partition coefficient (Wildman–Crippen LogP) is 4.23. The summed E-state index contributed by atoms with van der Waals surface area (Å²) in [5.41, 5.74) is -0.749. The van der Waals surface area contributed by atoms with Gasteiger partial charge in [0.1, 0.15) is 28.0 Å². The van der Waals surface area contributed by atoms with Gasteiger partial charge < -0.3 is 24.0 Å². The highest BCUT2D eigenvalue weighted by atomic mass is 32.2. The topological polar surface area (TPSA) is 109 Å². The molecule has 0 radical (unpaired) electrons. The Kier molecular flexibility index (Phi) is 10.0. The lowest BCUT2D eigenvalue weighted by molar-refractivity contribution is -0.142. The first-order valence-corrected chi connectivity index (χ1v) is 17.3. The quantitative estimate of drug-likeness (QED) is 0.294. The third kappa shape index (κ3) is 5.77. The van der Waals surface area contributed by atoms with Crippen molar-refractivity contribution in [2.24, 2.45) is 0 Å². The second-order valence-corrected chi connectivity index (χ2v) is 14.0. The number of hydrogen-bond acceptors (Lipinski definition) is 9. The molecule has 1 unspecified atom stereocenters. The molecule has 0 spiro atoms. The number of methoxy groups -OCH3 is 3. The number of anilines is 1. The van der Waals surface area contributed by atoms with Gasteiger partial charge in [-0.2, -0.15) is 0 Å². The van der Waals surface area contributed by atoms with Gasteiger partial charge in [0.15, 0.2) is 5.54 Å². The van der Waals surface area contributed by atoms with Crippen molar-refractivity contribution in [3.8, 4) is 17.2 Å². The van der Waals surface area contributed by atoms with Gasteiger partial charge in [0.05, 0.1) is 33.1 Å². The molecule has 2 aliphatic heterocycles. The van der Waals surface area contributed by atoms with E-state index in [1.807, 2.05) is 26.1 Å². The summed E-state index contributed by atoms with van der Waals surface area (Å²) in [4.78, 5) is 34.4. The minimum Gasteiger partial charge on any atom is -0.497 e. The largest absolute Gasteiger partial charge is 0.497 e. The molecule has 2 amide bonds. The molecule has 48 heavy (non-hydrogen) atoms. The zero-order chi connectivity index (χ0) is 35.0. The van der Waals surface area contributed by atoms with E-state index in [9.17, 15) is 13.2 Å². The number of nitrogens with zero attached hydrogens (tertiary/aromatic N) is 4. The average molecular weight is 683 g/mol. The van der Waals surface area contributed by atoms with Crippen molar-refractivity contribution >= 4 is 27.5 Å². The van der Waals surface area contributed by atoms with Gasteiger partial charge >= 0.3 is 0 Å². The smallest absolute Gasteiger partial charge is 0.274 e. The van der Waals surface area contributed by atoms with Crippen molar-refractivity contribution in [1.82, 2.24) is 14.7 Å². The summed E-state index contributed by atoms with van der Waals surface area (Å²) in [6.45, 7) is 3.54. The zero-order valence-corrected chi connectivity index (χ0v) is 29.3. The molecule has 3 aromatic rings. The number of benzene rings is 3. The lowest BCUT2D eigenvalue weighted by Gasteiger charge is -2.47. The van der Waals surface area contributed by atoms with E-state index in [2.05, 4.69) is 4.90 Å². The number of halogens is 1. The molecule has 2 atom stereocenters. The molecule has 3 aromatic carbocycles. The Bertz CT molecular complexity index is 1820. The second-order valence-electron chi connectivity index (χ2n) is 12.3. The van der Waals surface area contributed by atoms with Gasteiger partial charge in [0.25, 0.3) is 15.9 Å². The maximum atomic E-state index is 15.6. The first-order chi connectivity index (χ1) is 22.9. The molecule has 13 heteroatoms. The zero-order valence-electron chi connectivity index (χ0n) is 28.4. The molecule has 0 N–H and O–H groups in total. The lowest BCUT2D eigenvalue weighted by atomic mass is 9.78. The van der Waals surface area contributed by atoms with Crippen LogP contribution in [0.1, 0.15) is 42.9 Å². The summed E-state index contributed by atoms with van der Waals surface area (Å²) in [6.07, 6.45) is 1.75. The summed E-state index contributed by atoms with van der Waals surface area (Å²) in [5.74, 6) is -1.18. The Morgan fingerprint density at radius 2 is 1.67 bits per heavy atom. The van der Waals surface area contributed by atoms with Crippen molar-refractivity contribution < 1.29 is 36.6 Å². The van der Waals surface area contributed by atoms with Crippen molar-refractivity contribution in [2.75, 3.05) is 59.9 Å². The average Bonchev–Trinajstić information content (AvgIpc) is 3.35. The van der Waals surface area contributed by atoms with Gasteiger partial charge in [-0.05, 0) is 74.5 Å². The molecular formula is C35H43FN4O7S. The van der Waals surface area contributed by atoms with Crippen molar-refractivity contribution in [3.63, 3.8) is 0 Å². The van der Waals surface area contributed by atoms with Crippen LogP contribution in [0.3, 0.4) is 0 Å². The van der Waals surface area contributed by atoms with Gasteiger partial charge in [-0.15, -0.1) is 0 Å². The van der Waals surface area contributed by atoms with Crippen LogP contribution in [-0.4, -0.2) is 96.5 Å². The highest BCUT2D eigenvalue weighted by Gasteiger charge is 2.62. The molecule has 2 aliphatic rings. The maximum absolute atomic E-state index is 15.6. The third-order valence-corrected chi connectivity index (χ3v) is 11.0. The minimum atomic E-state index is -4.70. The summed E-state index contributed by atoms with van der Waals surface area (Å²) < 4.78 is 62.4. The van der Waals surface area contributed by atoms with Crippen LogP contribution >= 0.6 is 0 Å². The molecule has 1 saturated heterocycles. The Morgan fingerprint density at radius 1 is 0.938 bits per heavy atom. The van der Waals surface area contributed by atoms with Crippen LogP contribution in [0.15, 0.2) is 59.5 Å².